The van der Waals surface area contributed by atoms with Crippen molar-refractivity contribution in [3.63, 3.8) is 0 Å². The quantitative estimate of drug-likeness (QED) is 0.777. The largest absolute Gasteiger partial charge is 0.494 e. The van der Waals surface area contributed by atoms with Gasteiger partial charge >= 0.3 is 7.12 Å². The van der Waals surface area contributed by atoms with E-state index in [-0.39, 0.29) is 24.4 Å². The minimum atomic E-state index is -0.312. The van der Waals surface area contributed by atoms with E-state index in [4.69, 9.17) is 9.31 Å². The van der Waals surface area contributed by atoms with Crippen LogP contribution in [-0.2, 0) is 22.2 Å². The first-order valence-corrected chi connectivity index (χ1v) is 6.94. The first-order valence-electron chi connectivity index (χ1n) is 6.94. The molecule has 2 aliphatic rings. The van der Waals surface area contributed by atoms with Gasteiger partial charge in [-0.3, -0.25) is 0 Å². The molecule has 0 radical (unpaired) electrons. The van der Waals surface area contributed by atoms with E-state index in [0.29, 0.717) is 0 Å². The molecule has 0 bridgehead atoms. The van der Waals surface area contributed by atoms with Crippen LogP contribution in [0.1, 0.15) is 38.8 Å². The molecule has 3 rings (SSSR count). The summed E-state index contributed by atoms with van der Waals surface area (Å²) in [4.78, 5) is 0. The number of fused-ring (bicyclic) bond motifs is 1. The topological polar surface area (TPSA) is 38.7 Å². The molecule has 1 aliphatic carbocycles. The molecule has 1 saturated heterocycles. The lowest BCUT2D eigenvalue weighted by molar-refractivity contribution is 0.00578. The molecule has 4 heteroatoms. The zero-order valence-corrected chi connectivity index (χ0v) is 12.1. The summed E-state index contributed by atoms with van der Waals surface area (Å²) in [6, 6.07) is 6.26. The number of rotatable bonds is 1. The Labute approximate surface area is 115 Å². The third-order valence-corrected chi connectivity index (χ3v) is 4.67. The molecule has 102 valence electrons. The van der Waals surface area contributed by atoms with E-state index in [0.717, 1.165) is 18.3 Å². The number of aliphatic hydroxyl groups excluding tert-OH is 1. The van der Waals surface area contributed by atoms with Crippen LogP contribution < -0.4 is 5.46 Å². The Morgan fingerprint density at radius 2 is 1.63 bits per heavy atom. The van der Waals surface area contributed by atoms with Crippen molar-refractivity contribution in [3.05, 3.63) is 29.3 Å². The monoisotopic (exact) mass is 260 g/mol. The standard InChI is InChI=1S/C15H21BO3/c1-14(2)15(3,4)19-16(18-14)12-6-5-10-8-13(17)9-11(10)7-12/h5-7,13,17H,8-9H2,1-4H3/t13-/m1/s1. The highest BCUT2D eigenvalue weighted by atomic mass is 16.7. The second kappa shape index (κ2) is 4.08. The highest BCUT2D eigenvalue weighted by Crippen LogP contribution is 2.36. The third kappa shape index (κ3) is 2.12. The van der Waals surface area contributed by atoms with Gasteiger partial charge in [0, 0.05) is 0 Å². The summed E-state index contributed by atoms with van der Waals surface area (Å²) < 4.78 is 12.1. The lowest BCUT2D eigenvalue weighted by atomic mass is 9.78. The summed E-state index contributed by atoms with van der Waals surface area (Å²) >= 11 is 0. The Morgan fingerprint density at radius 3 is 2.26 bits per heavy atom. The van der Waals surface area contributed by atoms with Gasteiger partial charge in [0.25, 0.3) is 0 Å². The molecule has 0 unspecified atom stereocenters. The maximum Gasteiger partial charge on any atom is 0.494 e. The molecule has 0 saturated carbocycles. The predicted octanol–water partition coefficient (Wildman–Crippen LogP) is 1.45. The summed E-state index contributed by atoms with van der Waals surface area (Å²) in [6.07, 6.45) is 1.27. The molecule has 1 aromatic rings. The van der Waals surface area contributed by atoms with E-state index in [9.17, 15) is 5.11 Å². The number of hydrogen-bond acceptors (Lipinski definition) is 3. The Kier molecular flexibility index (Phi) is 2.82. The van der Waals surface area contributed by atoms with Gasteiger partial charge in [-0.1, -0.05) is 18.2 Å². The van der Waals surface area contributed by atoms with Crippen LogP contribution in [-0.4, -0.2) is 29.5 Å². The Morgan fingerprint density at radius 1 is 1.05 bits per heavy atom. The zero-order valence-electron chi connectivity index (χ0n) is 12.1. The zero-order chi connectivity index (χ0) is 13.8. The number of hydrogen-bond donors (Lipinski definition) is 1. The Balaban J connectivity index is 1.88. The van der Waals surface area contributed by atoms with Crippen molar-refractivity contribution in [1.29, 1.82) is 0 Å². The van der Waals surface area contributed by atoms with Gasteiger partial charge in [0.2, 0.25) is 0 Å². The predicted molar refractivity (Wildman–Crippen MR) is 75.6 cm³/mol. The highest BCUT2D eigenvalue weighted by molar-refractivity contribution is 6.62. The summed E-state index contributed by atoms with van der Waals surface area (Å²) in [5.41, 5.74) is 2.89. The lowest BCUT2D eigenvalue weighted by Crippen LogP contribution is -2.41. The summed E-state index contributed by atoms with van der Waals surface area (Å²) in [6.45, 7) is 8.24. The summed E-state index contributed by atoms with van der Waals surface area (Å²) in [7, 11) is -0.312. The average Bonchev–Trinajstić information content (AvgIpc) is 2.74. The Bertz CT molecular complexity index is 494. The van der Waals surface area contributed by atoms with Crippen LogP contribution in [0.2, 0.25) is 0 Å². The molecule has 0 amide bonds. The van der Waals surface area contributed by atoms with E-state index in [1.54, 1.807) is 0 Å². The molecule has 0 spiro atoms. The van der Waals surface area contributed by atoms with Crippen LogP contribution in [0, 0.1) is 0 Å². The van der Waals surface area contributed by atoms with Crippen LogP contribution in [0.3, 0.4) is 0 Å². The fraction of sp³-hybridized carbons (Fsp3) is 0.600. The van der Waals surface area contributed by atoms with Crippen molar-refractivity contribution in [2.75, 3.05) is 0 Å². The van der Waals surface area contributed by atoms with Crippen molar-refractivity contribution in [2.45, 2.75) is 57.8 Å². The minimum absolute atomic E-state index is 0.233. The molecule has 1 atom stereocenters. The van der Waals surface area contributed by atoms with E-state index in [1.807, 2.05) is 0 Å². The molecule has 0 aromatic heterocycles. The lowest BCUT2D eigenvalue weighted by Gasteiger charge is -2.32. The van der Waals surface area contributed by atoms with Gasteiger partial charge in [0.1, 0.15) is 0 Å². The van der Waals surface area contributed by atoms with Crippen molar-refractivity contribution < 1.29 is 14.4 Å². The first kappa shape index (κ1) is 13.2. The molecule has 3 nitrogen and oxygen atoms in total. The number of aliphatic hydroxyl groups is 1. The van der Waals surface area contributed by atoms with Crippen molar-refractivity contribution >= 4 is 12.6 Å². The molecule has 19 heavy (non-hydrogen) atoms. The fourth-order valence-electron chi connectivity index (χ4n) is 2.74. The van der Waals surface area contributed by atoms with Crippen molar-refractivity contribution in [1.82, 2.24) is 0 Å². The maximum atomic E-state index is 9.71. The van der Waals surface area contributed by atoms with Crippen LogP contribution in [0.15, 0.2) is 18.2 Å². The average molecular weight is 260 g/mol. The molecule has 1 heterocycles. The van der Waals surface area contributed by atoms with Gasteiger partial charge in [-0.25, -0.2) is 0 Å². The van der Waals surface area contributed by atoms with Gasteiger partial charge in [0.15, 0.2) is 0 Å². The van der Waals surface area contributed by atoms with Crippen LogP contribution in [0.5, 0.6) is 0 Å². The number of benzene rings is 1. The van der Waals surface area contributed by atoms with E-state index in [2.05, 4.69) is 45.9 Å². The summed E-state index contributed by atoms with van der Waals surface area (Å²) in [5, 5.41) is 9.71. The highest BCUT2D eigenvalue weighted by Gasteiger charge is 2.51. The molecular formula is C15H21BO3. The summed E-state index contributed by atoms with van der Waals surface area (Å²) in [5.74, 6) is 0. The molecule has 1 fully saturated rings. The van der Waals surface area contributed by atoms with Gasteiger partial charge in [-0.05, 0) is 57.1 Å². The second-order valence-electron chi connectivity index (χ2n) is 6.68. The second-order valence-corrected chi connectivity index (χ2v) is 6.68. The van der Waals surface area contributed by atoms with Gasteiger partial charge in [0.05, 0.1) is 17.3 Å². The van der Waals surface area contributed by atoms with Gasteiger partial charge in [-0.2, -0.15) is 0 Å². The first-order chi connectivity index (χ1) is 8.78. The maximum absolute atomic E-state index is 9.71. The normalized spacial score (nSPS) is 27.6. The molecule has 1 aromatic carbocycles. The van der Waals surface area contributed by atoms with Crippen molar-refractivity contribution in [3.8, 4) is 0 Å². The molecule has 1 aliphatic heterocycles. The third-order valence-electron chi connectivity index (χ3n) is 4.67. The van der Waals surface area contributed by atoms with Crippen LogP contribution >= 0.6 is 0 Å². The van der Waals surface area contributed by atoms with Crippen LogP contribution in [0.4, 0.5) is 0 Å². The fourth-order valence-corrected chi connectivity index (χ4v) is 2.74. The minimum Gasteiger partial charge on any atom is -0.399 e. The van der Waals surface area contributed by atoms with Gasteiger partial charge in [-0.15, -0.1) is 0 Å². The molecule has 1 N–H and O–H groups in total. The smallest absolute Gasteiger partial charge is 0.399 e. The van der Waals surface area contributed by atoms with E-state index < -0.39 is 0 Å². The SMILES string of the molecule is CC1(C)OB(c2ccc3c(c2)C[C@H](O)C3)OC1(C)C. The van der Waals surface area contributed by atoms with E-state index in [1.165, 1.54) is 11.1 Å². The van der Waals surface area contributed by atoms with Crippen LogP contribution in [0.25, 0.3) is 0 Å². The van der Waals surface area contributed by atoms with Gasteiger partial charge < -0.3 is 14.4 Å². The Hall–Kier alpha value is -0.835. The molecular weight excluding hydrogens is 239 g/mol. The van der Waals surface area contributed by atoms with Crippen molar-refractivity contribution in [2.24, 2.45) is 0 Å². The van der Waals surface area contributed by atoms with E-state index >= 15 is 0 Å².